The van der Waals surface area contributed by atoms with E-state index in [1.54, 1.807) is 11.3 Å². The summed E-state index contributed by atoms with van der Waals surface area (Å²) in [5.41, 5.74) is 0. The first-order valence-corrected chi connectivity index (χ1v) is 8.10. The second kappa shape index (κ2) is 9.18. The molecule has 1 saturated carbocycles. The number of hydrogen-bond acceptors (Lipinski definition) is 2. The number of nitrogens with one attached hydrogen (secondary N) is 2. The van der Waals surface area contributed by atoms with Crippen molar-refractivity contribution in [2.45, 2.75) is 38.1 Å². The molecule has 1 aliphatic carbocycles. The van der Waals surface area contributed by atoms with Gasteiger partial charge in [0, 0.05) is 24.5 Å². The van der Waals surface area contributed by atoms with E-state index in [1.165, 1.54) is 34.3 Å². The highest BCUT2D eigenvalue weighted by Gasteiger charge is 2.15. The molecule has 0 spiro atoms. The lowest BCUT2D eigenvalue weighted by atomic mass is 10.2. The van der Waals surface area contributed by atoms with Crippen molar-refractivity contribution >= 4 is 57.2 Å². The average molecular weight is 458 g/mol. The second-order valence-corrected chi connectivity index (χ2v) is 7.13. The lowest BCUT2D eigenvalue weighted by Gasteiger charge is -2.16. The van der Waals surface area contributed by atoms with Gasteiger partial charge in [-0.1, -0.05) is 12.8 Å². The zero-order valence-corrected chi connectivity index (χ0v) is 15.8. The predicted molar refractivity (Wildman–Crippen MR) is 97.9 cm³/mol. The van der Waals surface area contributed by atoms with Crippen molar-refractivity contribution in [3.63, 3.8) is 0 Å². The van der Waals surface area contributed by atoms with Crippen LogP contribution >= 0.6 is 51.2 Å². The predicted octanol–water partition coefficient (Wildman–Crippen LogP) is 3.78. The molecule has 2 N–H and O–H groups in total. The maximum absolute atomic E-state index is 4.28. The molecule has 108 valence electrons. The van der Waals surface area contributed by atoms with Crippen molar-refractivity contribution in [2.75, 3.05) is 13.6 Å². The minimum atomic E-state index is 0. The molecule has 0 unspecified atom stereocenters. The van der Waals surface area contributed by atoms with Gasteiger partial charge in [0.05, 0.1) is 3.79 Å². The van der Waals surface area contributed by atoms with Gasteiger partial charge in [0.25, 0.3) is 0 Å². The molecule has 0 saturated heterocycles. The lowest BCUT2D eigenvalue weighted by Crippen LogP contribution is -2.42. The Labute approximate surface area is 144 Å². The van der Waals surface area contributed by atoms with Crippen LogP contribution in [0.25, 0.3) is 0 Å². The van der Waals surface area contributed by atoms with Crippen LogP contribution in [0.15, 0.2) is 20.9 Å². The third-order valence-corrected chi connectivity index (χ3v) is 4.90. The van der Waals surface area contributed by atoms with Gasteiger partial charge in [0.1, 0.15) is 0 Å². The molecule has 2 rings (SSSR count). The van der Waals surface area contributed by atoms with E-state index < -0.39 is 0 Å². The van der Waals surface area contributed by atoms with Crippen LogP contribution in [0.5, 0.6) is 0 Å². The number of hydrogen-bond donors (Lipinski definition) is 2. The summed E-state index contributed by atoms with van der Waals surface area (Å²) in [4.78, 5) is 5.67. The summed E-state index contributed by atoms with van der Waals surface area (Å²) in [7, 11) is 1.84. The van der Waals surface area contributed by atoms with Crippen LogP contribution in [-0.2, 0) is 6.42 Å². The van der Waals surface area contributed by atoms with E-state index in [-0.39, 0.29) is 24.0 Å². The van der Waals surface area contributed by atoms with E-state index >= 15 is 0 Å². The van der Waals surface area contributed by atoms with Crippen LogP contribution in [0.4, 0.5) is 0 Å². The molecule has 0 atom stereocenters. The first-order valence-electron chi connectivity index (χ1n) is 6.49. The summed E-state index contributed by atoms with van der Waals surface area (Å²) in [6.07, 6.45) is 6.29. The average Bonchev–Trinajstić information content (AvgIpc) is 3.00. The summed E-state index contributed by atoms with van der Waals surface area (Å²) < 4.78 is 1.20. The van der Waals surface area contributed by atoms with Gasteiger partial charge >= 0.3 is 0 Å². The molecule has 1 fully saturated rings. The monoisotopic (exact) mass is 457 g/mol. The topological polar surface area (TPSA) is 36.4 Å². The van der Waals surface area contributed by atoms with Crippen molar-refractivity contribution in [3.05, 3.63) is 20.8 Å². The van der Waals surface area contributed by atoms with Gasteiger partial charge in [-0.25, -0.2) is 0 Å². The zero-order chi connectivity index (χ0) is 12.8. The van der Waals surface area contributed by atoms with Crippen molar-refractivity contribution in [1.82, 2.24) is 10.6 Å². The van der Waals surface area contributed by atoms with Gasteiger partial charge in [-0.15, -0.1) is 35.3 Å². The van der Waals surface area contributed by atoms with Crippen LogP contribution in [-0.4, -0.2) is 25.6 Å². The molecular weight excluding hydrogens is 437 g/mol. The molecule has 0 amide bonds. The zero-order valence-electron chi connectivity index (χ0n) is 11.1. The molecule has 3 nitrogen and oxygen atoms in total. The Balaban J connectivity index is 0.00000180. The Kier molecular flexibility index (Phi) is 8.32. The van der Waals surface area contributed by atoms with E-state index in [9.17, 15) is 0 Å². The number of thiophene rings is 1. The molecule has 6 heteroatoms. The third kappa shape index (κ3) is 5.99. The van der Waals surface area contributed by atoms with E-state index in [0.29, 0.717) is 6.04 Å². The lowest BCUT2D eigenvalue weighted by molar-refractivity contribution is 0.614. The minimum absolute atomic E-state index is 0. The summed E-state index contributed by atoms with van der Waals surface area (Å²) >= 11 is 5.28. The fourth-order valence-electron chi connectivity index (χ4n) is 2.25. The highest BCUT2D eigenvalue weighted by Crippen LogP contribution is 2.22. The number of halogens is 2. The fraction of sp³-hybridized carbons (Fsp3) is 0.615. The molecule has 1 aromatic rings. The second-order valence-electron chi connectivity index (χ2n) is 4.58. The first kappa shape index (κ1) is 17.2. The third-order valence-electron chi connectivity index (χ3n) is 3.21. The largest absolute Gasteiger partial charge is 0.356 e. The number of aliphatic imine (C=N–C) groups is 1. The normalized spacial score (nSPS) is 16.2. The van der Waals surface area contributed by atoms with Gasteiger partial charge in [-0.2, -0.15) is 0 Å². The van der Waals surface area contributed by atoms with E-state index in [4.69, 9.17) is 0 Å². The smallest absolute Gasteiger partial charge is 0.191 e. The van der Waals surface area contributed by atoms with Gasteiger partial charge in [-0.05, 0) is 47.3 Å². The summed E-state index contributed by atoms with van der Waals surface area (Å²) in [5, 5.41) is 6.87. The Morgan fingerprint density at radius 2 is 2.16 bits per heavy atom. The molecule has 0 aliphatic heterocycles. The number of nitrogens with zero attached hydrogens (tertiary/aromatic N) is 1. The maximum Gasteiger partial charge on any atom is 0.191 e. The summed E-state index contributed by atoms with van der Waals surface area (Å²) in [6.45, 7) is 0.930. The van der Waals surface area contributed by atoms with Gasteiger partial charge < -0.3 is 10.6 Å². The Bertz CT molecular complexity index is 402. The Hall–Kier alpha value is 0.180. The highest BCUT2D eigenvalue weighted by atomic mass is 127. The van der Waals surface area contributed by atoms with Crippen molar-refractivity contribution in [3.8, 4) is 0 Å². The number of guanidine groups is 1. The molecule has 1 aromatic heterocycles. The van der Waals surface area contributed by atoms with Crippen LogP contribution in [0, 0.1) is 0 Å². The van der Waals surface area contributed by atoms with E-state index in [0.717, 1.165) is 18.9 Å². The van der Waals surface area contributed by atoms with Crippen molar-refractivity contribution in [1.29, 1.82) is 0 Å². The fourth-order valence-corrected chi connectivity index (χ4v) is 3.73. The van der Waals surface area contributed by atoms with E-state index in [2.05, 4.69) is 43.7 Å². The molecule has 1 heterocycles. The van der Waals surface area contributed by atoms with Gasteiger partial charge in [0.15, 0.2) is 5.96 Å². The Morgan fingerprint density at radius 1 is 1.42 bits per heavy atom. The van der Waals surface area contributed by atoms with Crippen molar-refractivity contribution in [2.24, 2.45) is 4.99 Å². The van der Waals surface area contributed by atoms with Gasteiger partial charge in [0.2, 0.25) is 0 Å². The molecule has 1 aliphatic rings. The first-order chi connectivity index (χ1) is 8.78. The summed E-state index contributed by atoms with van der Waals surface area (Å²) in [6, 6.07) is 4.89. The van der Waals surface area contributed by atoms with Crippen LogP contribution in [0.2, 0.25) is 0 Å². The standard InChI is InChI=1S/C13H20BrN3S.HI/c1-15-13(17-10-4-2-3-5-10)16-9-8-11-6-7-12(14)18-11;/h6-7,10H,2-5,8-9H2,1H3,(H2,15,16,17);1H. The van der Waals surface area contributed by atoms with Crippen LogP contribution in [0.3, 0.4) is 0 Å². The highest BCUT2D eigenvalue weighted by molar-refractivity contribution is 14.0. The quantitative estimate of drug-likeness (QED) is 0.410. The summed E-state index contributed by atoms with van der Waals surface area (Å²) in [5.74, 6) is 0.942. The molecule has 0 bridgehead atoms. The van der Waals surface area contributed by atoms with E-state index in [1.807, 2.05) is 7.05 Å². The Morgan fingerprint density at radius 3 is 2.74 bits per heavy atom. The van der Waals surface area contributed by atoms with Gasteiger partial charge in [-0.3, -0.25) is 4.99 Å². The number of rotatable bonds is 4. The molecule has 0 radical (unpaired) electrons. The van der Waals surface area contributed by atoms with Crippen LogP contribution < -0.4 is 10.6 Å². The van der Waals surface area contributed by atoms with Crippen molar-refractivity contribution < 1.29 is 0 Å². The SMILES string of the molecule is CN=C(NCCc1ccc(Br)s1)NC1CCCC1.I. The minimum Gasteiger partial charge on any atom is -0.356 e. The molecule has 0 aromatic carbocycles. The molecular formula is C13H21BrIN3S. The van der Waals surface area contributed by atoms with Crippen LogP contribution in [0.1, 0.15) is 30.6 Å². The maximum atomic E-state index is 4.28. The molecule has 19 heavy (non-hydrogen) atoms.